The fourth-order valence-electron chi connectivity index (χ4n) is 1.51. The number of hydrogen-bond acceptors (Lipinski definition) is 4. The average Bonchev–Trinajstić information content (AvgIpc) is 2.78. The summed E-state index contributed by atoms with van der Waals surface area (Å²) in [7, 11) is 0. The molecule has 0 radical (unpaired) electrons. The van der Waals surface area contributed by atoms with Crippen molar-refractivity contribution in [2.75, 3.05) is 12.8 Å². The molecule has 4 heteroatoms. The Labute approximate surface area is 93.7 Å². The molecule has 0 saturated heterocycles. The highest BCUT2D eigenvalue weighted by Crippen LogP contribution is 2.19. The van der Waals surface area contributed by atoms with Crippen LogP contribution in [0.25, 0.3) is 0 Å². The minimum atomic E-state index is 0.0558. The second-order valence-electron chi connectivity index (χ2n) is 3.43. The van der Waals surface area contributed by atoms with Crippen LogP contribution in [0.15, 0.2) is 34.3 Å². The first-order chi connectivity index (χ1) is 7.33. The van der Waals surface area contributed by atoms with Crippen molar-refractivity contribution in [3.63, 3.8) is 0 Å². The van der Waals surface area contributed by atoms with Crippen molar-refractivity contribution in [3.8, 4) is 0 Å². The molecule has 0 aliphatic carbocycles. The number of oxime groups is 1. The summed E-state index contributed by atoms with van der Waals surface area (Å²) in [5, 5.41) is 4.04. The summed E-state index contributed by atoms with van der Waals surface area (Å²) in [6.07, 6.45) is 2.94. The van der Waals surface area contributed by atoms with E-state index in [1.807, 2.05) is 0 Å². The summed E-state index contributed by atoms with van der Waals surface area (Å²) in [6.45, 7) is 0.524. The lowest BCUT2D eigenvalue weighted by Crippen LogP contribution is -2.20. The van der Waals surface area contributed by atoms with Crippen LogP contribution >= 0.6 is 11.8 Å². The van der Waals surface area contributed by atoms with E-state index in [1.54, 1.807) is 11.8 Å². The predicted molar refractivity (Wildman–Crippen MR) is 63.3 cm³/mol. The van der Waals surface area contributed by atoms with E-state index in [-0.39, 0.29) is 6.10 Å². The molecule has 2 rings (SSSR count). The molecule has 1 atom stereocenters. The van der Waals surface area contributed by atoms with E-state index in [4.69, 9.17) is 10.6 Å². The summed E-state index contributed by atoms with van der Waals surface area (Å²) in [4.78, 5) is 6.44. The van der Waals surface area contributed by atoms with Crippen molar-refractivity contribution in [2.24, 2.45) is 10.9 Å². The molecule has 3 nitrogen and oxygen atoms in total. The first-order valence-electron chi connectivity index (χ1n) is 4.90. The molecule has 0 aromatic heterocycles. The van der Waals surface area contributed by atoms with Gasteiger partial charge < -0.3 is 10.6 Å². The van der Waals surface area contributed by atoms with Crippen LogP contribution in [0.2, 0.25) is 0 Å². The van der Waals surface area contributed by atoms with Crippen LogP contribution in [-0.4, -0.2) is 24.6 Å². The second-order valence-corrected chi connectivity index (χ2v) is 4.31. The highest BCUT2D eigenvalue weighted by Gasteiger charge is 2.20. The summed E-state index contributed by atoms with van der Waals surface area (Å²) >= 11 is 1.73. The monoisotopic (exact) mass is 222 g/mol. The second kappa shape index (κ2) is 4.68. The van der Waals surface area contributed by atoms with Gasteiger partial charge in [0.05, 0.1) is 5.71 Å². The Kier molecular flexibility index (Phi) is 3.28. The SMILES string of the molecule is CSc1ccc(C2=NO[C@@H](CN)C2)cc1. The minimum absolute atomic E-state index is 0.0558. The fourth-order valence-corrected chi connectivity index (χ4v) is 1.92. The van der Waals surface area contributed by atoms with Gasteiger partial charge in [0.25, 0.3) is 0 Å². The van der Waals surface area contributed by atoms with Gasteiger partial charge in [-0.25, -0.2) is 0 Å². The van der Waals surface area contributed by atoms with Gasteiger partial charge in [-0.2, -0.15) is 0 Å². The first-order valence-corrected chi connectivity index (χ1v) is 6.13. The molecule has 2 N–H and O–H groups in total. The van der Waals surface area contributed by atoms with Crippen molar-refractivity contribution >= 4 is 17.5 Å². The topological polar surface area (TPSA) is 47.6 Å². The molecular weight excluding hydrogens is 208 g/mol. The van der Waals surface area contributed by atoms with E-state index >= 15 is 0 Å². The van der Waals surface area contributed by atoms with Gasteiger partial charge in [-0.1, -0.05) is 17.3 Å². The van der Waals surface area contributed by atoms with E-state index in [0.717, 1.165) is 17.7 Å². The summed E-state index contributed by atoms with van der Waals surface area (Å²) in [5.41, 5.74) is 7.64. The van der Waals surface area contributed by atoms with Crippen molar-refractivity contribution < 1.29 is 4.84 Å². The Bertz CT molecular complexity index is 361. The van der Waals surface area contributed by atoms with E-state index in [2.05, 4.69) is 35.7 Å². The van der Waals surface area contributed by atoms with Crippen LogP contribution in [0.3, 0.4) is 0 Å². The minimum Gasteiger partial charge on any atom is -0.390 e. The van der Waals surface area contributed by atoms with E-state index in [1.165, 1.54) is 4.90 Å². The molecule has 1 aromatic rings. The molecule has 0 spiro atoms. The van der Waals surface area contributed by atoms with Crippen molar-refractivity contribution in [3.05, 3.63) is 29.8 Å². The third-order valence-corrected chi connectivity index (χ3v) is 3.16. The lowest BCUT2D eigenvalue weighted by molar-refractivity contribution is 0.0918. The largest absolute Gasteiger partial charge is 0.390 e. The molecule has 0 fully saturated rings. The van der Waals surface area contributed by atoms with Gasteiger partial charge in [-0.3, -0.25) is 0 Å². The van der Waals surface area contributed by atoms with Gasteiger partial charge in [0.1, 0.15) is 6.10 Å². The van der Waals surface area contributed by atoms with Crippen LogP contribution in [-0.2, 0) is 4.84 Å². The van der Waals surface area contributed by atoms with Gasteiger partial charge in [0.15, 0.2) is 0 Å². The molecule has 1 aromatic carbocycles. The van der Waals surface area contributed by atoms with E-state index in [9.17, 15) is 0 Å². The lowest BCUT2D eigenvalue weighted by atomic mass is 10.1. The van der Waals surface area contributed by atoms with Crippen molar-refractivity contribution in [1.29, 1.82) is 0 Å². The quantitative estimate of drug-likeness (QED) is 0.794. The summed E-state index contributed by atoms with van der Waals surface area (Å²) in [6, 6.07) is 8.34. The maximum atomic E-state index is 5.52. The van der Waals surface area contributed by atoms with Gasteiger partial charge in [0.2, 0.25) is 0 Å². The Morgan fingerprint density at radius 1 is 1.47 bits per heavy atom. The summed E-state index contributed by atoms with van der Waals surface area (Å²) < 4.78 is 0. The zero-order valence-corrected chi connectivity index (χ0v) is 9.46. The number of nitrogens with two attached hydrogens (primary N) is 1. The van der Waals surface area contributed by atoms with Crippen LogP contribution < -0.4 is 5.73 Å². The molecule has 0 bridgehead atoms. The van der Waals surface area contributed by atoms with Crippen LogP contribution in [0.1, 0.15) is 12.0 Å². The normalized spacial score (nSPS) is 19.9. The molecule has 0 saturated carbocycles. The highest BCUT2D eigenvalue weighted by molar-refractivity contribution is 7.98. The van der Waals surface area contributed by atoms with Gasteiger partial charge in [-0.05, 0) is 24.0 Å². The van der Waals surface area contributed by atoms with Crippen LogP contribution in [0.5, 0.6) is 0 Å². The molecule has 1 aliphatic rings. The first kappa shape index (κ1) is 10.5. The molecule has 1 heterocycles. The Hall–Kier alpha value is -1.00. The zero-order valence-electron chi connectivity index (χ0n) is 8.64. The zero-order chi connectivity index (χ0) is 10.7. The highest BCUT2D eigenvalue weighted by atomic mass is 32.2. The van der Waals surface area contributed by atoms with Crippen LogP contribution in [0.4, 0.5) is 0 Å². The van der Waals surface area contributed by atoms with Gasteiger partial charge in [0, 0.05) is 17.9 Å². The molecule has 0 amide bonds. The van der Waals surface area contributed by atoms with Gasteiger partial charge >= 0.3 is 0 Å². The smallest absolute Gasteiger partial charge is 0.145 e. The maximum absolute atomic E-state index is 5.52. The molecule has 80 valence electrons. The maximum Gasteiger partial charge on any atom is 0.145 e. The third kappa shape index (κ3) is 2.33. The molecule has 15 heavy (non-hydrogen) atoms. The molecule has 0 unspecified atom stereocenters. The Morgan fingerprint density at radius 3 is 2.73 bits per heavy atom. The van der Waals surface area contributed by atoms with E-state index < -0.39 is 0 Å². The molecule has 1 aliphatic heterocycles. The molecular formula is C11H14N2OS. The lowest BCUT2D eigenvalue weighted by Gasteiger charge is -2.02. The number of hydrogen-bond donors (Lipinski definition) is 1. The summed E-state index contributed by atoms with van der Waals surface area (Å²) in [5.74, 6) is 0. The van der Waals surface area contributed by atoms with Crippen molar-refractivity contribution in [1.82, 2.24) is 0 Å². The number of thioether (sulfide) groups is 1. The Morgan fingerprint density at radius 2 is 2.20 bits per heavy atom. The third-order valence-electron chi connectivity index (χ3n) is 2.42. The number of nitrogens with zero attached hydrogens (tertiary/aromatic N) is 1. The standard InChI is InChI=1S/C11H14N2OS/c1-15-10-4-2-8(3-5-10)11-6-9(7-12)14-13-11/h2-5,9H,6-7,12H2,1H3/t9-/m1/s1. The predicted octanol–water partition coefficient (Wildman–Crippen LogP) is 1.86. The fraction of sp³-hybridized carbons (Fsp3) is 0.364. The van der Waals surface area contributed by atoms with E-state index in [0.29, 0.717) is 6.54 Å². The average molecular weight is 222 g/mol. The van der Waals surface area contributed by atoms with Crippen LogP contribution in [0, 0.1) is 0 Å². The number of benzene rings is 1. The van der Waals surface area contributed by atoms with Gasteiger partial charge in [-0.15, -0.1) is 11.8 Å². The Balaban J connectivity index is 2.10. The van der Waals surface area contributed by atoms with Crippen molar-refractivity contribution in [2.45, 2.75) is 17.4 Å². The number of rotatable bonds is 3.